The zero-order chi connectivity index (χ0) is 16.4. The molecule has 0 bridgehead atoms. The molecule has 0 atom stereocenters. The van der Waals surface area contributed by atoms with Gasteiger partial charge in [0.25, 0.3) is 0 Å². The zero-order valence-corrected chi connectivity index (χ0v) is 13.2. The summed E-state index contributed by atoms with van der Waals surface area (Å²) in [5, 5.41) is 9.99. The number of aromatic nitrogens is 3. The highest BCUT2D eigenvalue weighted by Crippen LogP contribution is 2.33. The molecule has 0 saturated heterocycles. The molecule has 5 nitrogen and oxygen atoms in total. The molecule has 0 unspecified atom stereocenters. The van der Waals surface area contributed by atoms with Crippen molar-refractivity contribution in [2.24, 2.45) is 0 Å². The van der Waals surface area contributed by atoms with Gasteiger partial charge in [-0.15, -0.1) is 0 Å². The molecule has 0 aliphatic rings. The Bertz CT molecular complexity index is 860. The number of carboxylic acids is 1. The van der Waals surface area contributed by atoms with Gasteiger partial charge in [-0.2, -0.15) is 0 Å². The number of rotatable bonds is 4. The average molecular weight is 328 g/mol. The predicted molar refractivity (Wildman–Crippen MR) is 87.7 cm³/mol. The van der Waals surface area contributed by atoms with E-state index in [1.165, 1.54) is 0 Å². The van der Waals surface area contributed by atoms with Gasteiger partial charge in [0.05, 0.1) is 29.7 Å². The average Bonchev–Trinajstić information content (AvgIpc) is 2.86. The minimum absolute atomic E-state index is 0.254. The summed E-state index contributed by atoms with van der Waals surface area (Å²) >= 11 is 6.31. The van der Waals surface area contributed by atoms with E-state index in [-0.39, 0.29) is 5.56 Å². The molecule has 0 aliphatic carbocycles. The Balaban J connectivity index is 2.17. The maximum Gasteiger partial charge on any atom is 0.337 e. The quantitative estimate of drug-likeness (QED) is 0.794. The first-order valence-corrected chi connectivity index (χ1v) is 7.38. The summed E-state index contributed by atoms with van der Waals surface area (Å²) in [5.74, 6) is -0.964. The normalized spacial score (nSPS) is 10.7. The van der Waals surface area contributed by atoms with Crippen molar-refractivity contribution in [1.82, 2.24) is 14.5 Å². The Morgan fingerprint density at radius 3 is 2.74 bits per heavy atom. The molecule has 3 aromatic rings. The highest BCUT2D eigenvalue weighted by Gasteiger charge is 2.20. The van der Waals surface area contributed by atoms with Crippen molar-refractivity contribution in [2.45, 2.75) is 13.5 Å². The van der Waals surface area contributed by atoms with Crippen LogP contribution in [-0.4, -0.2) is 25.6 Å². The number of halogens is 1. The fourth-order valence-corrected chi connectivity index (χ4v) is 2.82. The molecular formula is C17H14ClN3O2. The third kappa shape index (κ3) is 2.96. The lowest BCUT2D eigenvalue weighted by atomic mass is 10.1. The monoisotopic (exact) mass is 327 g/mol. The minimum Gasteiger partial charge on any atom is -0.478 e. The van der Waals surface area contributed by atoms with E-state index in [0.717, 1.165) is 17.0 Å². The first kappa shape index (κ1) is 15.2. The number of hydrogen-bond donors (Lipinski definition) is 1. The first-order valence-electron chi connectivity index (χ1n) is 7.00. The summed E-state index contributed by atoms with van der Waals surface area (Å²) in [6.45, 7) is 2.21. The molecule has 6 heteroatoms. The smallest absolute Gasteiger partial charge is 0.337 e. The lowest BCUT2D eigenvalue weighted by Gasteiger charge is -2.11. The second kappa shape index (κ2) is 6.22. The van der Waals surface area contributed by atoms with Gasteiger partial charge in [0.15, 0.2) is 0 Å². The molecular weight excluding hydrogens is 314 g/mol. The van der Waals surface area contributed by atoms with Crippen molar-refractivity contribution in [3.63, 3.8) is 0 Å². The number of nitrogens with zero attached hydrogens (tertiary/aromatic N) is 3. The van der Waals surface area contributed by atoms with E-state index in [4.69, 9.17) is 11.6 Å². The van der Waals surface area contributed by atoms with Crippen LogP contribution in [-0.2, 0) is 6.54 Å². The fourth-order valence-electron chi connectivity index (χ4n) is 2.60. The summed E-state index contributed by atoms with van der Waals surface area (Å²) in [4.78, 5) is 19.8. The van der Waals surface area contributed by atoms with Crippen molar-refractivity contribution < 1.29 is 9.90 Å². The fraction of sp³-hybridized carbons (Fsp3) is 0.118. The van der Waals surface area contributed by atoms with E-state index >= 15 is 0 Å². The molecule has 0 amide bonds. The van der Waals surface area contributed by atoms with Crippen molar-refractivity contribution in [3.8, 4) is 11.3 Å². The van der Waals surface area contributed by atoms with Gasteiger partial charge >= 0.3 is 5.97 Å². The van der Waals surface area contributed by atoms with Gasteiger partial charge in [-0.05, 0) is 18.6 Å². The maximum absolute atomic E-state index is 11.5. The Hall–Kier alpha value is -2.66. The van der Waals surface area contributed by atoms with E-state index in [9.17, 15) is 9.90 Å². The van der Waals surface area contributed by atoms with Gasteiger partial charge in [0.2, 0.25) is 0 Å². The van der Waals surface area contributed by atoms with Gasteiger partial charge in [-0.3, -0.25) is 9.97 Å². The van der Waals surface area contributed by atoms with E-state index in [1.807, 2.05) is 22.8 Å². The van der Waals surface area contributed by atoms with Crippen LogP contribution in [0.25, 0.3) is 11.3 Å². The van der Waals surface area contributed by atoms with Crippen molar-refractivity contribution >= 4 is 17.6 Å². The highest BCUT2D eigenvalue weighted by atomic mass is 35.5. The van der Waals surface area contributed by atoms with Crippen molar-refractivity contribution in [1.29, 1.82) is 0 Å². The van der Waals surface area contributed by atoms with Crippen LogP contribution in [0.5, 0.6) is 0 Å². The number of hydrogen-bond acceptors (Lipinski definition) is 3. The van der Waals surface area contributed by atoms with E-state index in [1.54, 1.807) is 37.8 Å². The Morgan fingerprint density at radius 1 is 1.30 bits per heavy atom. The SMILES string of the molecule is Cc1c(C(=O)O)cn(Cc2cnccn2)c1-c1ccccc1Cl. The Morgan fingerprint density at radius 2 is 2.09 bits per heavy atom. The molecule has 0 saturated carbocycles. The van der Waals surface area contributed by atoms with Crippen molar-refractivity contribution in [3.05, 3.63) is 70.9 Å². The largest absolute Gasteiger partial charge is 0.478 e. The van der Waals surface area contributed by atoms with Crippen LogP contribution in [0.15, 0.2) is 49.1 Å². The molecule has 0 aliphatic heterocycles. The zero-order valence-electron chi connectivity index (χ0n) is 12.4. The number of carbonyl (C=O) groups is 1. The summed E-state index contributed by atoms with van der Waals surface area (Å²) in [6, 6.07) is 7.38. The molecule has 0 spiro atoms. The number of carboxylic acid groups (broad SMARTS) is 1. The molecule has 3 rings (SSSR count). The third-order valence-electron chi connectivity index (χ3n) is 3.64. The predicted octanol–water partition coefficient (Wildman–Crippen LogP) is 3.65. The topological polar surface area (TPSA) is 68.0 Å². The van der Waals surface area contributed by atoms with Gasteiger partial charge in [-0.1, -0.05) is 29.8 Å². The summed E-state index contributed by atoms with van der Waals surface area (Å²) in [5.41, 5.74) is 3.24. The summed E-state index contributed by atoms with van der Waals surface area (Å²) in [7, 11) is 0. The van der Waals surface area contributed by atoms with Gasteiger partial charge in [0.1, 0.15) is 0 Å². The number of benzene rings is 1. The molecule has 116 valence electrons. The maximum atomic E-state index is 11.5. The second-order valence-electron chi connectivity index (χ2n) is 5.13. The second-order valence-corrected chi connectivity index (χ2v) is 5.53. The molecule has 1 aromatic carbocycles. The molecule has 0 radical (unpaired) electrons. The van der Waals surface area contributed by atoms with E-state index in [0.29, 0.717) is 17.1 Å². The molecule has 1 N–H and O–H groups in total. The Kier molecular flexibility index (Phi) is 4.12. The molecule has 0 fully saturated rings. The summed E-state index contributed by atoms with van der Waals surface area (Å²) < 4.78 is 1.85. The van der Waals surface area contributed by atoms with Crippen LogP contribution in [0.4, 0.5) is 0 Å². The lowest BCUT2D eigenvalue weighted by Crippen LogP contribution is -2.03. The standard InChI is InChI=1S/C17H14ClN3O2/c1-11-14(17(22)23)10-21(9-12-8-19-6-7-20-12)16(11)13-4-2-3-5-15(13)18/h2-8,10H,9H2,1H3,(H,22,23). The summed E-state index contributed by atoms with van der Waals surface area (Å²) in [6.07, 6.45) is 6.48. The van der Waals surface area contributed by atoms with Crippen LogP contribution < -0.4 is 0 Å². The van der Waals surface area contributed by atoms with Gasteiger partial charge in [0, 0.05) is 29.2 Å². The van der Waals surface area contributed by atoms with Crippen LogP contribution in [0.3, 0.4) is 0 Å². The van der Waals surface area contributed by atoms with Crippen LogP contribution in [0.1, 0.15) is 21.6 Å². The van der Waals surface area contributed by atoms with Crippen LogP contribution >= 0.6 is 11.6 Å². The van der Waals surface area contributed by atoms with Crippen LogP contribution in [0.2, 0.25) is 5.02 Å². The van der Waals surface area contributed by atoms with Gasteiger partial charge in [-0.25, -0.2) is 4.79 Å². The third-order valence-corrected chi connectivity index (χ3v) is 3.97. The number of aromatic carboxylic acids is 1. The van der Waals surface area contributed by atoms with Gasteiger partial charge < -0.3 is 9.67 Å². The van der Waals surface area contributed by atoms with E-state index in [2.05, 4.69) is 9.97 Å². The molecule has 23 heavy (non-hydrogen) atoms. The highest BCUT2D eigenvalue weighted by molar-refractivity contribution is 6.33. The van der Waals surface area contributed by atoms with E-state index < -0.39 is 5.97 Å². The minimum atomic E-state index is -0.964. The first-order chi connectivity index (χ1) is 11.1. The van der Waals surface area contributed by atoms with Crippen LogP contribution in [0, 0.1) is 6.92 Å². The lowest BCUT2D eigenvalue weighted by molar-refractivity contribution is 0.0696. The molecule has 2 aromatic heterocycles. The van der Waals surface area contributed by atoms with Crippen molar-refractivity contribution in [2.75, 3.05) is 0 Å². The molecule has 2 heterocycles. The Labute approximate surface area is 138 Å².